The van der Waals surface area contributed by atoms with Gasteiger partial charge in [-0.15, -0.1) is 0 Å². The summed E-state index contributed by atoms with van der Waals surface area (Å²) in [6.07, 6.45) is 1.94. The molecule has 1 fully saturated rings. The van der Waals surface area contributed by atoms with Gasteiger partial charge < -0.3 is 5.32 Å². The molecule has 1 aliphatic rings. The highest BCUT2D eigenvalue weighted by Crippen LogP contribution is 2.30. The van der Waals surface area contributed by atoms with Gasteiger partial charge in [0, 0.05) is 10.9 Å². The highest BCUT2D eigenvalue weighted by Gasteiger charge is 2.31. The minimum absolute atomic E-state index is 0.167. The monoisotopic (exact) mass is 303 g/mol. The minimum atomic E-state index is -1.27. The molecular formula is C13H16BrF2N. The van der Waals surface area contributed by atoms with Crippen LogP contribution in [0.1, 0.15) is 24.8 Å². The van der Waals surface area contributed by atoms with Crippen LogP contribution in [0.2, 0.25) is 0 Å². The molecule has 17 heavy (non-hydrogen) atoms. The molecule has 1 aromatic carbocycles. The Bertz CT molecular complexity index is 387. The lowest BCUT2D eigenvalue weighted by Gasteiger charge is -2.23. The fourth-order valence-corrected chi connectivity index (χ4v) is 2.70. The lowest BCUT2D eigenvalue weighted by molar-refractivity contribution is 0.143. The van der Waals surface area contributed by atoms with Gasteiger partial charge in [-0.2, -0.15) is 0 Å². The molecule has 1 N–H and O–H groups in total. The summed E-state index contributed by atoms with van der Waals surface area (Å²) in [5.74, 6) is -0.317. The van der Waals surface area contributed by atoms with Gasteiger partial charge in [0.2, 0.25) is 0 Å². The van der Waals surface area contributed by atoms with Gasteiger partial charge >= 0.3 is 0 Å². The number of nitrogens with one attached hydrogen (secondary N) is 1. The van der Waals surface area contributed by atoms with Crippen molar-refractivity contribution < 1.29 is 8.78 Å². The summed E-state index contributed by atoms with van der Waals surface area (Å²) in [6, 6.07) is 4.70. The van der Waals surface area contributed by atoms with E-state index in [1.165, 1.54) is 6.07 Å². The first-order chi connectivity index (χ1) is 8.09. The van der Waals surface area contributed by atoms with Crippen LogP contribution in [0.3, 0.4) is 0 Å². The molecule has 0 saturated carbocycles. The topological polar surface area (TPSA) is 12.0 Å². The van der Waals surface area contributed by atoms with Crippen molar-refractivity contribution in [3.8, 4) is 0 Å². The second kappa shape index (κ2) is 5.44. The highest BCUT2D eigenvalue weighted by atomic mass is 79.9. The number of hydrogen-bond acceptors (Lipinski definition) is 1. The molecule has 0 aliphatic carbocycles. The number of alkyl halides is 1. The van der Waals surface area contributed by atoms with E-state index in [4.69, 9.17) is 0 Å². The third kappa shape index (κ3) is 3.49. The Kier molecular flexibility index (Phi) is 4.15. The first-order valence-corrected chi connectivity index (χ1v) is 6.72. The number of benzene rings is 1. The Balaban J connectivity index is 2.15. The highest BCUT2D eigenvalue weighted by molar-refractivity contribution is 9.10. The van der Waals surface area contributed by atoms with E-state index in [9.17, 15) is 8.78 Å². The first kappa shape index (κ1) is 13.0. The Labute approximate surface area is 109 Å². The van der Waals surface area contributed by atoms with Crippen LogP contribution in [-0.2, 0) is 6.42 Å². The molecule has 1 nitrogen and oxygen atoms in total. The maximum Gasteiger partial charge on any atom is 0.126 e. The molecule has 0 amide bonds. The number of hydrogen-bond donors (Lipinski definition) is 1. The van der Waals surface area contributed by atoms with Crippen LogP contribution in [0, 0.1) is 5.82 Å². The Morgan fingerprint density at radius 1 is 1.29 bits per heavy atom. The molecule has 0 radical (unpaired) electrons. The van der Waals surface area contributed by atoms with Gasteiger partial charge in [0.05, 0.1) is 0 Å². The standard InChI is InChI=1S/C13H16BrF2N/c14-11-2-3-12(15)10(8-11)9-13(16)4-1-6-17-7-5-13/h2-3,8,17H,1,4-7,9H2. The van der Waals surface area contributed by atoms with Gasteiger partial charge in [-0.3, -0.25) is 0 Å². The third-order valence-electron chi connectivity index (χ3n) is 3.24. The van der Waals surface area contributed by atoms with E-state index in [1.54, 1.807) is 12.1 Å². The average Bonchev–Trinajstić information content (AvgIpc) is 2.49. The van der Waals surface area contributed by atoms with Gasteiger partial charge in [0.1, 0.15) is 11.5 Å². The maximum absolute atomic E-state index is 14.6. The minimum Gasteiger partial charge on any atom is -0.317 e. The summed E-state index contributed by atoms with van der Waals surface area (Å²) >= 11 is 3.29. The zero-order valence-electron chi connectivity index (χ0n) is 9.61. The summed E-state index contributed by atoms with van der Waals surface area (Å²) in [7, 11) is 0. The van der Waals surface area contributed by atoms with E-state index in [-0.39, 0.29) is 12.2 Å². The second-order valence-electron chi connectivity index (χ2n) is 4.67. The van der Waals surface area contributed by atoms with Crippen molar-refractivity contribution >= 4 is 15.9 Å². The molecule has 2 rings (SSSR count). The van der Waals surface area contributed by atoms with E-state index in [1.807, 2.05) is 0 Å². The lowest BCUT2D eigenvalue weighted by atomic mass is 9.89. The van der Waals surface area contributed by atoms with Crippen molar-refractivity contribution in [1.82, 2.24) is 5.32 Å². The molecule has 1 saturated heterocycles. The van der Waals surface area contributed by atoms with Crippen LogP contribution in [0.5, 0.6) is 0 Å². The lowest BCUT2D eigenvalue weighted by Crippen LogP contribution is -2.28. The molecule has 1 heterocycles. The maximum atomic E-state index is 14.6. The van der Waals surface area contributed by atoms with Crippen LogP contribution < -0.4 is 5.32 Å². The Morgan fingerprint density at radius 2 is 2.12 bits per heavy atom. The fourth-order valence-electron chi connectivity index (χ4n) is 2.29. The van der Waals surface area contributed by atoms with Crippen LogP contribution in [0.25, 0.3) is 0 Å². The molecule has 1 unspecified atom stereocenters. The first-order valence-electron chi connectivity index (χ1n) is 5.93. The molecule has 0 bridgehead atoms. The van der Waals surface area contributed by atoms with Gasteiger partial charge in [0.15, 0.2) is 0 Å². The molecule has 0 spiro atoms. The van der Waals surface area contributed by atoms with Crippen LogP contribution in [0.15, 0.2) is 22.7 Å². The van der Waals surface area contributed by atoms with Gasteiger partial charge in [-0.25, -0.2) is 8.78 Å². The zero-order chi connectivity index (χ0) is 12.3. The van der Waals surface area contributed by atoms with Gasteiger partial charge in [-0.05, 0) is 56.1 Å². The third-order valence-corrected chi connectivity index (χ3v) is 3.74. The predicted molar refractivity (Wildman–Crippen MR) is 68.4 cm³/mol. The molecule has 94 valence electrons. The fraction of sp³-hybridized carbons (Fsp3) is 0.538. The van der Waals surface area contributed by atoms with E-state index < -0.39 is 5.67 Å². The van der Waals surface area contributed by atoms with E-state index in [0.717, 1.165) is 17.4 Å². The predicted octanol–water partition coefficient (Wildman–Crippen LogP) is 3.61. The van der Waals surface area contributed by atoms with E-state index >= 15 is 0 Å². The zero-order valence-corrected chi connectivity index (χ0v) is 11.2. The molecule has 1 aliphatic heterocycles. The SMILES string of the molecule is Fc1ccc(Br)cc1CC1(F)CCCNCC1. The van der Waals surface area contributed by atoms with Crippen molar-refractivity contribution in [1.29, 1.82) is 0 Å². The number of rotatable bonds is 2. The van der Waals surface area contributed by atoms with Crippen molar-refractivity contribution in [3.05, 3.63) is 34.1 Å². The summed E-state index contributed by atoms with van der Waals surface area (Å²) in [5, 5.41) is 3.17. The normalized spacial score (nSPS) is 25.6. The second-order valence-corrected chi connectivity index (χ2v) is 5.58. The van der Waals surface area contributed by atoms with E-state index in [2.05, 4.69) is 21.2 Å². The van der Waals surface area contributed by atoms with Gasteiger partial charge in [0.25, 0.3) is 0 Å². The van der Waals surface area contributed by atoms with Crippen LogP contribution >= 0.6 is 15.9 Å². The Hall–Kier alpha value is -0.480. The summed E-state index contributed by atoms with van der Waals surface area (Å²) in [6.45, 7) is 1.53. The quantitative estimate of drug-likeness (QED) is 0.880. The average molecular weight is 304 g/mol. The molecule has 1 atom stereocenters. The molecule has 4 heteroatoms. The van der Waals surface area contributed by atoms with E-state index in [0.29, 0.717) is 24.9 Å². The summed E-state index contributed by atoms with van der Waals surface area (Å²) in [4.78, 5) is 0. The van der Waals surface area contributed by atoms with Crippen LogP contribution in [-0.4, -0.2) is 18.8 Å². The molecule has 0 aromatic heterocycles. The van der Waals surface area contributed by atoms with Gasteiger partial charge in [-0.1, -0.05) is 15.9 Å². The number of halogens is 3. The Morgan fingerprint density at radius 3 is 2.94 bits per heavy atom. The van der Waals surface area contributed by atoms with Crippen LogP contribution in [0.4, 0.5) is 8.78 Å². The van der Waals surface area contributed by atoms with Crippen molar-refractivity contribution in [2.75, 3.05) is 13.1 Å². The summed E-state index contributed by atoms with van der Waals surface area (Å²) in [5.41, 5.74) is -0.811. The smallest absolute Gasteiger partial charge is 0.126 e. The molecule has 1 aromatic rings. The van der Waals surface area contributed by atoms with Crippen molar-refractivity contribution in [2.45, 2.75) is 31.4 Å². The largest absolute Gasteiger partial charge is 0.317 e. The molecular weight excluding hydrogens is 288 g/mol. The summed E-state index contributed by atoms with van der Waals surface area (Å²) < 4.78 is 29.0. The van der Waals surface area contributed by atoms with Crippen molar-refractivity contribution in [3.63, 3.8) is 0 Å². The van der Waals surface area contributed by atoms with Crippen molar-refractivity contribution in [2.24, 2.45) is 0 Å².